The fourth-order valence-corrected chi connectivity index (χ4v) is 11.1. The summed E-state index contributed by atoms with van der Waals surface area (Å²) < 4.78 is 65.0. The van der Waals surface area contributed by atoms with E-state index in [4.69, 9.17) is 4.74 Å². The van der Waals surface area contributed by atoms with Crippen molar-refractivity contribution in [1.82, 2.24) is 30.0 Å². The summed E-state index contributed by atoms with van der Waals surface area (Å²) in [5, 5.41) is 5.75. The van der Waals surface area contributed by atoms with Gasteiger partial charge in [-0.3, -0.25) is 9.59 Å². The van der Waals surface area contributed by atoms with Gasteiger partial charge >= 0.3 is 6.09 Å². The number of carbonyl (C=O) groups is 3. The average molecular weight is 872 g/mol. The summed E-state index contributed by atoms with van der Waals surface area (Å²) in [6.07, 6.45) is 12.3. The van der Waals surface area contributed by atoms with Gasteiger partial charge in [-0.05, 0) is 105 Å². The van der Waals surface area contributed by atoms with E-state index in [0.29, 0.717) is 25.3 Å². The zero-order chi connectivity index (χ0) is 44.0. The summed E-state index contributed by atoms with van der Waals surface area (Å²) in [7, 11) is 0.445. The second-order valence-electron chi connectivity index (χ2n) is 16.9. The van der Waals surface area contributed by atoms with Crippen molar-refractivity contribution >= 4 is 33.4 Å². The molecule has 2 aliphatic heterocycles. The Morgan fingerprint density at radius 2 is 1.73 bits per heavy atom. The Balaban J connectivity index is 0.984. The highest BCUT2D eigenvalue weighted by Crippen LogP contribution is 2.52. The number of methoxy groups -OCH3 is 1. The highest BCUT2D eigenvalue weighted by Gasteiger charge is 2.52. The minimum Gasteiger partial charge on any atom is -0.453 e. The number of likely N-dealkylation sites (N-methyl/N-ethyl adjacent to an activating group) is 1. The zero-order valence-corrected chi connectivity index (χ0v) is 36.2. The van der Waals surface area contributed by atoms with Gasteiger partial charge in [-0.2, -0.15) is 0 Å². The van der Waals surface area contributed by atoms with Crippen LogP contribution in [0.1, 0.15) is 48.0 Å². The molecule has 1 aromatic heterocycles. The van der Waals surface area contributed by atoms with Crippen molar-refractivity contribution in [3.8, 4) is 0 Å². The molecule has 3 atom stereocenters. The molecule has 3 amide bonds. The molecule has 3 aliphatic rings. The Morgan fingerprint density at radius 3 is 2.42 bits per heavy atom. The molecule has 13 nitrogen and oxygen atoms in total. The summed E-state index contributed by atoms with van der Waals surface area (Å²) in [6.45, 7) is 4.41. The first-order valence-electron chi connectivity index (χ1n) is 21.1. The number of aromatic nitrogens is 2. The third-order valence-corrected chi connectivity index (χ3v) is 14.6. The number of rotatable bonds is 15. The highest BCUT2D eigenvalue weighted by molar-refractivity contribution is 7.91. The number of piperidine rings is 1. The summed E-state index contributed by atoms with van der Waals surface area (Å²) in [6, 6.07) is 16.3. The number of imidazole rings is 1. The largest absolute Gasteiger partial charge is 0.453 e. The van der Waals surface area contributed by atoms with Crippen molar-refractivity contribution in [1.29, 1.82) is 0 Å². The predicted octanol–water partition coefficient (Wildman–Crippen LogP) is 5.68. The van der Waals surface area contributed by atoms with Crippen molar-refractivity contribution in [3.05, 3.63) is 120 Å². The van der Waals surface area contributed by atoms with Gasteiger partial charge in [0, 0.05) is 88.2 Å². The molecule has 4 aromatic rings. The fourth-order valence-electron chi connectivity index (χ4n) is 9.80. The van der Waals surface area contributed by atoms with Crippen LogP contribution in [0.3, 0.4) is 0 Å². The van der Waals surface area contributed by atoms with E-state index < -0.39 is 33.1 Å². The Hall–Kier alpha value is -5.61. The van der Waals surface area contributed by atoms with E-state index >= 15 is 8.78 Å². The number of anilines is 1. The first kappa shape index (κ1) is 44.4. The normalized spacial score (nSPS) is 19.8. The Labute approximate surface area is 362 Å². The van der Waals surface area contributed by atoms with Crippen LogP contribution in [0.4, 0.5) is 19.3 Å². The predicted molar refractivity (Wildman–Crippen MR) is 230 cm³/mol. The van der Waals surface area contributed by atoms with Gasteiger partial charge in [0.15, 0.2) is 0 Å². The van der Waals surface area contributed by atoms with Gasteiger partial charge in [-0.15, -0.1) is 0 Å². The molecule has 16 heteroatoms. The molecule has 62 heavy (non-hydrogen) atoms. The number of halogens is 2. The lowest BCUT2D eigenvalue weighted by Crippen LogP contribution is -2.56. The molecule has 2 N–H and O–H groups in total. The summed E-state index contributed by atoms with van der Waals surface area (Å²) in [5.74, 6) is -1.17. The number of likely N-dealkylation sites (tertiary alicyclic amines) is 1. The van der Waals surface area contributed by atoms with Crippen LogP contribution < -0.4 is 15.5 Å². The van der Waals surface area contributed by atoms with Crippen LogP contribution >= 0.6 is 0 Å². The van der Waals surface area contributed by atoms with E-state index in [2.05, 4.69) is 25.1 Å². The standard InChI is InChI=1S/C46H55F2N7O6S/c1-52(2)43(56)14-7-19-50-44(57)33-8-4-11-37(24-33)62(59,60)38-15-16-42(40(48)26-38)55-28-32(29-55)27-53-21-17-34(18-22-53)46(30-54-23-20-49-31-54,35-9-5-10-36(47)25-35)39-12-6-13-41(39)51-45(58)61-3/h4-5,7-11,14-16,20,23-26,31-32,34,39,41H,6,12-13,17-19,21-22,27-30H2,1-3H3,(H,50,57)(H,51,58)/b14-7+/t39-,41-,46-/m0/s1. The Morgan fingerprint density at radius 1 is 0.968 bits per heavy atom. The molecule has 1 saturated carbocycles. The van der Waals surface area contributed by atoms with Crippen LogP contribution in [-0.2, 0) is 31.3 Å². The fraction of sp³-hybridized carbons (Fsp3) is 0.435. The molecule has 0 radical (unpaired) electrons. The van der Waals surface area contributed by atoms with E-state index in [1.54, 1.807) is 38.8 Å². The number of nitrogens with zero attached hydrogens (tertiary/aromatic N) is 5. The molecule has 7 rings (SSSR count). The molecular formula is C46H55F2N7O6S. The number of hydrogen-bond donors (Lipinski definition) is 2. The summed E-state index contributed by atoms with van der Waals surface area (Å²) in [5.41, 5.74) is 0.882. The number of ether oxygens (including phenoxy) is 1. The number of sulfone groups is 1. The van der Waals surface area contributed by atoms with E-state index in [9.17, 15) is 22.8 Å². The lowest BCUT2D eigenvalue weighted by molar-refractivity contribution is -0.123. The van der Waals surface area contributed by atoms with E-state index in [1.165, 1.54) is 66.6 Å². The summed E-state index contributed by atoms with van der Waals surface area (Å²) >= 11 is 0. The minimum absolute atomic E-state index is 0.0382. The quantitative estimate of drug-likeness (QED) is 0.144. The highest BCUT2D eigenvalue weighted by atomic mass is 32.2. The van der Waals surface area contributed by atoms with E-state index in [0.717, 1.165) is 63.4 Å². The molecule has 3 fully saturated rings. The van der Waals surface area contributed by atoms with Crippen LogP contribution in [-0.4, -0.2) is 112 Å². The SMILES string of the molecule is COC(=O)N[C@H]1CCC[C@@H]1[C@](Cn1ccnc1)(c1cccc(F)c1)C1CCN(CC2CN(c3ccc(S(=O)(=O)c4cccc(C(=O)NC/C=C/C(=O)N(C)C)c4)cc3F)C2)CC1. The van der Waals surface area contributed by atoms with Crippen LogP contribution in [0, 0.1) is 29.4 Å². The lowest BCUT2D eigenvalue weighted by Gasteiger charge is -2.51. The number of amides is 3. The average Bonchev–Trinajstić information content (AvgIpc) is 3.95. The van der Waals surface area contributed by atoms with Crippen molar-refractivity contribution in [3.63, 3.8) is 0 Å². The first-order chi connectivity index (χ1) is 29.8. The van der Waals surface area contributed by atoms with Crippen molar-refractivity contribution < 1.29 is 36.3 Å². The van der Waals surface area contributed by atoms with Gasteiger partial charge in [-0.25, -0.2) is 27.0 Å². The maximum absolute atomic E-state index is 15.7. The molecule has 2 saturated heterocycles. The molecule has 3 aromatic carbocycles. The smallest absolute Gasteiger partial charge is 0.407 e. The Bertz CT molecular complexity index is 2360. The number of carbonyl (C=O) groups excluding carboxylic acids is 3. The van der Waals surface area contributed by atoms with Gasteiger partial charge in [0.05, 0.1) is 28.9 Å². The third kappa shape index (κ3) is 9.71. The van der Waals surface area contributed by atoms with Crippen LogP contribution in [0.25, 0.3) is 0 Å². The lowest BCUT2D eigenvalue weighted by atomic mass is 9.58. The third-order valence-electron chi connectivity index (χ3n) is 12.9. The van der Waals surface area contributed by atoms with E-state index in [-0.39, 0.29) is 57.4 Å². The molecular weight excluding hydrogens is 817 g/mol. The van der Waals surface area contributed by atoms with Crippen LogP contribution in [0.2, 0.25) is 0 Å². The molecule has 0 unspecified atom stereocenters. The summed E-state index contributed by atoms with van der Waals surface area (Å²) in [4.78, 5) is 46.8. The van der Waals surface area contributed by atoms with Gasteiger partial charge in [0.1, 0.15) is 11.6 Å². The van der Waals surface area contributed by atoms with Crippen LogP contribution in [0.15, 0.2) is 107 Å². The van der Waals surface area contributed by atoms with Crippen LogP contribution in [0.5, 0.6) is 0 Å². The second-order valence-corrected chi connectivity index (χ2v) is 18.9. The van der Waals surface area contributed by atoms with E-state index in [1.807, 2.05) is 17.2 Å². The number of hydrogen-bond acceptors (Lipinski definition) is 9. The number of nitrogens with one attached hydrogen (secondary N) is 2. The molecule has 1 aliphatic carbocycles. The zero-order valence-electron chi connectivity index (χ0n) is 35.4. The van der Waals surface area contributed by atoms with Gasteiger partial charge in [0.25, 0.3) is 5.91 Å². The monoisotopic (exact) mass is 871 g/mol. The van der Waals surface area contributed by atoms with Gasteiger partial charge < -0.3 is 34.6 Å². The topological polar surface area (TPSA) is 146 Å². The molecule has 0 spiro atoms. The van der Waals surface area contributed by atoms with Gasteiger partial charge in [-0.1, -0.05) is 30.7 Å². The molecule has 3 heterocycles. The van der Waals surface area contributed by atoms with Crippen molar-refractivity contribution in [2.75, 3.05) is 65.4 Å². The van der Waals surface area contributed by atoms with Crippen molar-refractivity contribution in [2.24, 2.45) is 17.8 Å². The van der Waals surface area contributed by atoms with Gasteiger partial charge in [0.2, 0.25) is 15.7 Å². The maximum atomic E-state index is 15.7. The molecule has 330 valence electrons. The second kappa shape index (κ2) is 19.2. The first-order valence-corrected chi connectivity index (χ1v) is 22.6. The van der Waals surface area contributed by atoms with Crippen molar-refractivity contribution in [2.45, 2.75) is 59.9 Å². The molecule has 0 bridgehead atoms. The minimum atomic E-state index is -4.15. The number of alkyl carbamates (subject to hydrolysis) is 1. The maximum Gasteiger partial charge on any atom is 0.407 e. The Kier molecular flexibility index (Phi) is 13.8. The number of benzene rings is 3.